The fourth-order valence-corrected chi connectivity index (χ4v) is 2.43. The molecule has 118 valence electrons. The van der Waals surface area contributed by atoms with Gasteiger partial charge in [0, 0.05) is 0 Å². The Bertz CT molecular complexity index is 332. The Hall–Kier alpha value is -0.400. The molecule has 0 aromatic carbocycles. The van der Waals surface area contributed by atoms with Gasteiger partial charge in [-0.05, 0) is 0 Å². The zero-order valence-electron chi connectivity index (χ0n) is 10.3. The molecular weight excluding hydrogens is 280 g/mol. The lowest BCUT2D eigenvalue weighted by Crippen LogP contribution is -2.76. The highest BCUT2D eigenvalue weighted by Gasteiger charge is 2.63. The van der Waals surface area contributed by atoms with Crippen molar-refractivity contribution in [2.45, 2.75) is 48.2 Å². The van der Waals surface area contributed by atoms with E-state index < -0.39 is 61.4 Å². The van der Waals surface area contributed by atoms with Gasteiger partial charge in [-0.1, -0.05) is 0 Å². The molecule has 20 heavy (non-hydrogen) atoms. The zero-order chi connectivity index (χ0) is 15.3. The Morgan fingerprint density at radius 2 is 1.00 bits per heavy atom. The molecule has 8 atom stereocenters. The van der Waals surface area contributed by atoms with Gasteiger partial charge in [-0.25, -0.2) is 0 Å². The molecule has 2 aliphatic rings. The quantitative estimate of drug-likeness (QED) is 0.245. The summed E-state index contributed by atoms with van der Waals surface area (Å²) in [5, 5.41) is 76.7. The van der Waals surface area contributed by atoms with Gasteiger partial charge in [0.05, 0.1) is 13.2 Å². The van der Waals surface area contributed by atoms with Crippen LogP contribution in [0.3, 0.4) is 0 Å². The zero-order valence-corrected chi connectivity index (χ0v) is 10.3. The highest BCUT2D eigenvalue weighted by Crippen LogP contribution is 2.38. The molecule has 0 radical (unpaired) electrons. The van der Waals surface area contributed by atoms with Crippen molar-refractivity contribution in [3.05, 3.63) is 0 Å². The minimum atomic E-state index is -2.56. The lowest BCUT2D eigenvalue weighted by atomic mass is 9.84. The van der Waals surface area contributed by atoms with E-state index in [0.717, 1.165) is 0 Å². The maximum atomic E-state index is 9.86. The van der Waals surface area contributed by atoms with Gasteiger partial charge in [0.25, 0.3) is 0 Å². The van der Waals surface area contributed by atoms with Crippen molar-refractivity contribution in [1.82, 2.24) is 0 Å². The number of aliphatic hydroxyl groups is 8. The van der Waals surface area contributed by atoms with E-state index in [1.165, 1.54) is 0 Å². The Morgan fingerprint density at radius 1 is 0.700 bits per heavy atom. The summed E-state index contributed by atoms with van der Waals surface area (Å²) in [5.41, 5.74) is 0. The highest BCUT2D eigenvalue weighted by molar-refractivity contribution is 5.05. The first-order chi connectivity index (χ1) is 9.20. The molecule has 0 saturated carbocycles. The Balaban J connectivity index is 2.32. The van der Waals surface area contributed by atoms with Crippen LogP contribution in [0.15, 0.2) is 0 Å². The summed E-state index contributed by atoms with van der Waals surface area (Å²) in [5.74, 6) is -5.11. The van der Waals surface area contributed by atoms with E-state index >= 15 is 0 Å². The molecule has 0 aromatic heterocycles. The van der Waals surface area contributed by atoms with Crippen LogP contribution < -0.4 is 0 Å². The summed E-state index contributed by atoms with van der Waals surface area (Å²) in [6, 6.07) is 0. The largest absolute Gasteiger partial charge is 0.391 e. The van der Waals surface area contributed by atoms with Crippen LogP contribution in [-0.4, -0.2) is 102 Å². The maximum Gasteiger partial charge on any atom is 0.219 e. The van der Waals surface area contributed by atoms with Crippen LogP contribution in [-0.2, 0) is 9.47 Å². The van der Waals surface area contributed by atoms with Crippen LogP contribution in [0.1, 0.15) is 0 Å². The molecule has 2 rings (SSSR count). The van der Waals surface area contributed by atoms with Crippen molar-refractivity contribution >= 4 is 0 Å². The van der Waals surface area contributed by atoms with Crippen molar-refractivity contribution in [2.24, 2.45) is 0 Å². The Morgan fingerprint density at radius 3 is 1.25 bits per heavy atom. The molecule has 0 bridgehead atoms. The van der Waals surface area contributed by atoms with Crippen molar-refractivity contribution in [2.75, 3.05) is 13.2 Å². The normalized spacial score (nSPS) is 56.4. The Labute approximate surface area is 113 Å². The van der Waals surface area contributed by atoms with E-state index in [0.29, 0.717) is 0 Å². The van der Waals surface area contributed by atoms with E-state index in [2.05, 4.69) is 0 Å². The monoisotopic (exact) mass is 298 g/mol. The maximum absolute atomic E-state index is 9.86. The first-order valence-electron chi connectivity index (χ1n) is 5.94. The third-order valence-corrected chi connectivity index (χ3v) is 3.70. The van der Waals surface area contributed by atoms with Crippen LogP contribution in [0, 0.1) is 0 Å². The van der Waals surface area contributed by atoms with Gasteiger partial charge >= 0.3 is 0 Å². The Kier molecular flexibility index (Phi) is 4.08. The predicted octanol–water partition coefficient (Wildman–Crippen LogP) is -5.41. The predicted molar refractivity (Wildman–Crippen MR) is 57.8 cm³/mol. The second kappa shape index (κ2) is 5.10. The molecule has 0 aromatic rings. The average Bonchev–Trinajstić information content (AvgIpc) is 2.44. The first kappa shape index (κ1) is 16.0. The topological polar surface area (TPSA) is 180 Å². The summed E-state index contributed by atoms with van der Waals surface area (Å²) >= 11 is 0. The highest BCUT2D eigenvalue weighted by atomic mass is 16.7. The van der Waals surface area contributed by atoms with Gasteiger partial charge in [0.2, 0.25) is 11.6 Å². The van der Waals surface area contributed by atoms with Crippen LogP contribution in [0.2, 0.25) is 0 Å². The third-order valence-electron chi connectivity index (χ3n) is 3.70. The molecule has 10 heteroatoms. The molecule has 8 N–H and O–H groups in total. The SMILES string of the molecule is OC[C@@]1(O)O[C@H]2[C@@H](O)[C@H](O)[C@@](O)(CO)O[C@H]2[C@@H](O)[C@@H]1O. The fourth-order valence-electron chi connectivity index (χ4n) is 2.43. The standard InChI is InChI=1S/C10H18O10/c11-1-9(17)7(15)3(13)6-5(19-9)4(14)8(16)10(18,2-12)20-6/h3-8,11-18H,1-2H2/t3-,4-,5+,6+,7+,8+,9-,10-/m1/s1. The van der Waals surface area contributed by atoms with Gasteiger partial charge in [0.15, 0.2) is 0 Å². The van der Waals surface area contributed by atoms with Crippen LogP contribution in [0.25, 0.3) is 0 Å². The second-order valence-electron chi connectivity index (χ2n) is 5.04. The number of hydrogen-bond donors (Lipinski definition) is 8. The third kappa shape index (κ3) is 2.14. The number of ether oxygens (including phenoxy) is 2. The molecule has 0 unspecified atom stereocenters. The van der Waals surface area contributed by atoms with Crippen LogP contribution >= 0.6 is 0 Å². The number of hydrogen-bond acceptors (Lipinski definition) is 10. The van der Waals surface area contributed by atoms with Crippen molar-refractivity contribution < 1.29 is 50.3 Å². The summed E-state index contributed by atoms with van der Waals surface area (Å²) in [7, 11) is 0. The second-order valence-corrected chi connectivity index (χ2v) is 5.04. The van der Waals surface area contributed by atoms with Gasteiger partial charge in [-0.2, -0.15) is 0 Å². The van der Waals surface area contributed by atoms with Gasteiger partial charge in [0.1, 0.15) is 36.6 Å². The molecule has 2 saturated heterocycles. The number of fused-ring (bicyclic) bond motifs is 1. The summed E-state index contributed by atoms with van der Waals surface area (Å²) in [4.78, 5) is 0. The van der Waals surface area contributed by atoms with Gasteiger partial charge in [-0.15, -0.1) is 0 Å². The van der Waals surface area contributed by atoms with Gasteiger partial charge < -0.3 is 50.3 Å². The smallest absolute Gasteiger partial charge is 0.219 e. The average molecular weight is 298 g/mol. The minimum absolute atomic E-state index is 1.08. The van der Waals surface area contributed by atoms with Gasteiger partial charge in [-0.3, -0.25) is 0 Å². The lowest BCUT2D eigenvalue weighted by molar-refractivity contribution is -0.431. The van der Waals surface area contributed by atoms with Crippen molar-refractivity contribution in [3.63, 3.8) is 0 Å². The van der Waals surface area contributed by atoms with E-state index in [4.69, 9.17) is 19.7 Å². The minimum Gasteiger partial charge on any atom is -0.391 e. The van der Waals surface area contributed by atoms with E-state index in [1.807, 2.05) is 0 Å². The molecule has 2 aliphatic heterocycles. The summed E-state index contributed by atoms with van der Waals surface area (Å²) in [6.07, 6.45) is -10.7. The molecule has 0 amide bonds. The van der Waals surface area contributed by atoms with Crippen molar-refractivity contribution in [1.29, 1.82) is 0 Å². The number of rotatable bonds is 2. The first-order valence-corrected chi connectivity index (χ1v) is 5.94. The van der Waals surface area contributed by atoms with Crippen molar-refractivity contribution in [3.8, 4) is 0 Å². The van der Waals surface area contributed by atoms with E-state index in [9.17, 15) is 30.6 Å². The number of aliphatic hydroxyl groups excluding tert-OH is 6. The van der Waals surface area contributed by atoms with E-state index in [-0.39, 0.29) is 0 Å². The molecule has 2 heterocycles. The molecule has 2 fully saturated rings. The molecular formula is C10H18O10. The van der Waals surface area contributed by atoms with Crippen LogP contribution in [0.4, 0.5) is 0 Å². The fraction of sp³-hybridized carbons (Fsp3) is 1.00. The van der Waals surface area contributed by atoms with E-state index in [1.54, 1.807) is 0 Å². The summed E-state index contributed by atoms with van der Waals surface area (Å²) in [6.45, 7) is -2.16. The molecule has 10 nitrogen and oxygen atoms in total. The molecule has 0 aliphatic carbocycles. The molecule has 0 spiro atoms. The summed E-state index contributed by atoms with van der Waals surface area (Å²) < 4.78 is 9.80. The lowest BCUT2D eigenvalue weighted by Gasteiger charge is -2.54. The van der Waals surface area contributed by atoms with Crippen LogP contribution in [0.5, 0.6) is 0 Å².